The molecule has 3 aromatic rings. The highest BCUT2D eigenvalue weighted by atomic mass is 32.2. The summed E-state index contributed by atoms with van der Waals surface area (Å²) < 4.78 is 0. The average molecular weight is 353 g/mol. The normalized spacial score (nSPS) is 10.6. The van der Waals surface area contributed by atoms with Gasteiger partial charge in [0.2, 0.25) is 9.79 Å². The van der Waals surface area contributed by atoms with Crippen LogP contribution in [0.4, 0.5) is 11.4 Å². The molecule has 0 amide bonds. The van der Waals surface area contributed by atoms with Gasteiger partial charge in [-0.05, 0) is 12.1 Å². The lowest BCUT2D eigenvalue weighted by atomic mass is 10.3. The van der Waals surface area contributed by atoms with Crippen LogP contribution in [0.15, 0.2) is 93.5 Å². The fraction of sp³-hybridized carbons (Fsp3) is 0. The van der Waals surface area contributed by atoms with Crippen molar-refractivity contribution in [3.05, 3.63) is 99.1 Å². The van der Waals surface area contributed by atoms with Gasteiger partial charge in [-0.3, -0.25) is 20.2 Å². The van der Waals surface area contributed by atoms with E-state index < -0.39 is 20.7 Å². The Morgan fingerprint density at radius 3 is 1.44 bits per heavy atom. The van der Waals surface area contributed by atoms with Crippen molar-refractivity contribution in [2.45, 2.75) is 14.7 Å². The molecule has 0 bridgehead atoms. The first-order chi connectivity index (χ1) is 12.1. The van der Waals surface area contributed by atoms with E-state index in [1.165, 1.54) is 12.1 Å². The summed E-state index contributed by atoms with van der Waals surface area (Å²) in [5.74, 6) is 0. The minimum absolute atomic E-state index is 0.0483. The molecule has 0 aliphatic rings. The maximum absolute atomic E-state index is 11.5. The third kappa shape index (κ3) is 3.36. The van der Waals surface area contributed by atoms with Crippen LogP contribution >= 0.6 is 0 Å². The zero-order valence-electron chi connectivity index (χ0n) is 12.9. The van der Waals surface area contributed by atoms with Crippen molar-refractivity contribution in [2.24, 2.45) is 0 Å². The van der Waals surface area contributed by atoms with Crippen LogP contribution in [0.2, 0.25) is 0 Å². The summed E-state index contributed by atoms with van der Waals surface area (Å²) in [6.45, 7) is 0. The van der Waals surface area contributed by atoms with E-state index in [1.54, 1.807) is 36.4 Å². The molecule has 0 radical (unpaired) electrons. The second-order valence-electron chi connectivity index (χ2n) is 5.07. The summed E-state index contributed by atoms with van der Waals surface area (Å²) in [5, 5.41) is 23.0. The quantitative estimate of drug-likeness (QED) is 0.381. The average Bonchev–Trinajstić information content (AvgIpc) is 2.63. The van der Waals surface area contributed by atoms with Crippen LogP contribution in [0, 0.1) is 20.2 Å². The van der Waals surface area contributed by atoms with Crippen molar-refractivity contribution in [3.63, 3.8) is 0 Å². The first-order valence-corrected chi connectivity index (χ1v) is 8.58. The Bertz CT molecular complexity index is 874. The molecule has 0 aliphatic heterocycles. The lowest BCUT2D eigenvalue weighted by Crippen LogP contribution is -2.09. The number of nitrogens with zero attached hydrogens (tertiary/aromatic N) is 2. The molecule has 124 valence electrons. The van der Waals surface area contributed by atoms with Gasteiger partial charge in [0.05, 0.1) is 9.85 Å². The van der Waals surface area contributed by atoms with Crippen LogP contribution in [0.1, 0.15) is 0 Å². The van der Waals surface area contributed by atoms with Gasteiger partial charge in [-0.25, -0.2) is 0 Å². The monoisotopic (exact) mass is 353 g/mol. The maximum atomic E-state index is 11.5. The minimum Gasteiger partial charge on any atom is -0.258 e. The molecule has 0 aliphatic carbocycles. The van der Waals surface area contributed by atoms with E-state index in [-0.39, 0.29) is 11.4 Å². The fourth-order valence-corrected chi connectivity index (χ4v) is 4.80. The maximum Gasteiger partial charge on any atom is 0.324 e. The van der Waals surface area contributed by atoms with E-state index >= 15 is 0 Å². The van der Waals surface area contributed by atoms with E-state index in [2.05, 4.69) is 0 Å². The van der Waals surface area contributed by atoms with E-state index in [9.17, 15) is 20.2 Å². The summed E-state index contributed by atoms with van der Waals surface area (Å²) in [4.78, 5) is 23.8. The second-order valence-corrected chi connectivity index (χ2v) is 7.03. The molecule has 0 unspecified atom stereocenters. The molecule has 0 saturated carbocycles. The van der Waals surface area contributed by atoms with Crippen molar-refractivity contribution < 1.29 is 9.85 Å². The molecule has 6 nitrogen and oxygen atoms in total. The molecule has 0 saturated heterocycles. The zero-order valence-corrected chi connectivity index (χ0v) is 13.8. The lowest BCUT2D eigenvalue weighted by molar-refractivity contribution is -0.388. The molecule has 0 atom stereocenters. The molecule has 0 fully saturated rings. The summed E-state index contributed by atoms with van der Waals surface area (Å²) in [7, 11) is -0.962. The molecule has 0 aromatic heterocycles. The Kier molecular flexibility index (Phi) is 4.76. The van der Waals surface area contributed by atoms with Crippen LogP contribution in [-0.2, 0) is 10.9 Å². The SMILES string of the molecule is O=[N+]([O-])c1ccccc1[S+](c1ccccc1)c1ccccc1[N+](=O)[O-]. The number of hydrogen-bond acceptors (Lipinski definition) is 4. The van der Waals surface area contributed by atoms with Crippen molar-refractivity contribution in [3.8, 4) is 0 Å². The minimum atomic E-state index is -0.962. The second kappa shape index (κ2) is 7.14. The molecular weight excluding hydrogens is 340 g/mol. The number of nitro benzene ring substituents is 2. The van der Waals surface area contributed by atoms with Crippen LogP contribution in [-0.4, -0.2) is 9.85 Å². The predicted molar refractivity (Wildman–Crippen MR) is 94.8 cm³/mol. The standard InChI is InChI=1S/C18H13N2O4S/c21-19(22)15-10-4-6-12-17(15)25(14-8-2-1-3-9-14)18-13-7-5-11-16(18)20(23)24/h1-13H/q+1. The van der Waals surface area contributed by atoms with Gasteiger partial charge >= 0.3 is 11.4 Å². The number of nitro groups is 2. The van der Waals surface area contributed by atoms with Crippen LogP contribution < -0.4 is 0 Å². The number of para-hydroxylation sites is 2. The number of benzene rings is 3. The van der Waals surface area contributed by atoms with Gasteiger partial charge in [0.15, 0.2) is 4.90 Å². The zero-order chi connectivity index (χ0) is 17.8. The van der Waals surface area contributed by atoms with Gasteiger partial charge in [-0.15, -0.1) is 0 Å². The summed E-state index contributed by atoms with van der Waals surface area (Å²) in [6.07, 6.45) is 0. The van der Waals surface area contributed by atoms with Crippen LogP contribution in [0.25, 0.3) is 0 Å². The molecule has 25 heavy (non-hydrogen) atoms. The topological polar surface area (TPSA) is 86.3 Å². The Labute approximate surface area is 146 Å². The largest absolute Gasteiger partial charge is 0.324 e. The van der Waals surface area contributed by atoms with Gasteiger partial charge in [0, 0.05) is 24.3 Å². The van der Waals surface area contributed by atoms with Crippen molar-refractivity contribution >= 4 is 22.3 Å². The molecule has 3 rings (SSSR count). The van der Waals surface area contributed by atoms with Crippen LogP contribution in [0.3, 0.4) is 0 Å². The Morgan fingerprint density at radius 1 is 0.600 bits per heavy atom. The summed E-state index contributed by atoms with van der Waals surface area (Å²) in [5.41, 5.74) is -0.0966. The van der Waals surface area contributed by atoms with Gasteiger partial charge in [0.25, 0.3) is 0 Å². The lowest BCUT2D eigenvalue weighted by Gasteiger charge is -2.08. The fourth-order valence-electron chi connectivity index (χ4n) is 2.49. The molecule has 0 N–H and O–H groups in total. The Balaban J connectivity index is 2.30. The first kappa shape index (κ1) is 16.7. The Hall–Kier alpha value is -3.19. The predicted octanol–water partition coefficient (Wildman–Crippen LogP) is 4.60. The first-order valence-electron chi connectivity index (χ1n) is 7.36. The van der Waals surface area contributed by atoms with Crippen LogP contribution in [0.5, 0.6) is 0 Å². The molecule has 3 aromatic carbocycles. The highest BCUT2D eigenvalue weighted by molar-refractivity contribution is 7.97. The molecular formula is C18H13N2O4S+. The molecule has 0 spiro atoms. The summed E-state index contributed by atoms with van der Waals surface area (Å²) >= 11 is 0. The smallest absolute Gasteiger partial charge is 0.258 e. The van der Waals surface area contributed by atoms with Crippen molar-refractivity contribution in [1.82, 2.24) is 0 Å². The highest BCUT2D eigenvalue weighted by Gasteiger charge is 2.40. The van der Waals surface area contributed by atoms with Gasteiger partial charge in [-0.2, -0.15) is 0 Å². The van der Waals surface area contributed by atoms with Gasteiger partial charge in [-0.1, -0.05) is 42.5 Å². The number of rotatable bonds is 5. The highest BCUT2D eigenvalue weighted by Crippen LogP contribution is 2.39. The summed E-state index contributed by atoms with van der Waals surface area (Å²) in [6, 6.07) is 21.9. The molecule has 7 heteroatoms. The third-order valence-electron chi connectivity index (χ3n) is 3.54. The third-order valence-corrected chi connectivity index (χ3v) is 5.86. The number of hydrogen-bond donors (Lipinski definition) is 0. The van der Waals surface area contributed by atoms with E-state index in [0.717, 1.165) is 4.90 Å². The van der Waals surface area contributed by atoms with Gasteiger partial charge < -0.3 is 0 Å². The van der Waals surface area contributed by atoms with Crippen molar-refractivity contribution in [2.75, 3.05) is 0 Å². The van der Waals surface area contributed by atoms with Crippen molar-refractivity contribution in [1.29, 1.82) is 0 Å². The van der Waals surface area contributed by atoms with E-state index in [0.29, 0.717) is 9.79 Å². The molecule has 0 heterocycles. The van der Waals surface area contributed by atoms with E-state index in [1.807, 2.05) is 30.3 Å². The Morgan fingerprint density at radius 2 is 1.00 bits per heavy atom. The van der Waals surface area contributed by atoms with E-state index in [4.69, 9.17) is 0 Å². The van der Waals surface area contributed by atoms with Gasteiger partial charge in [0.1, 0.15) is 10.9 Å².